The first-order valence-electron chi connectivity index (χ1n) is 16.0. The minimum atomic E-state index is 0.749. The summed E-state index contributed by atoms with van der Waals surface area (Å²) in [6.45, 7) is 6.43. The molecule has 0 aliphatic heterocycles. The van der Waals surface area contributed by atoms with Gasteiger partial charge in [0.25, 0.3) is 0 Å². The van der Waals surface area contributed by atoms with E-state index >= 15 is 0 Å². The molecule has 48 heavy (non-hydrogen) atoms. The zero-order chi connectivity index (χ0) is 33.1. The van der Waals surface area contributed by atoms with Crippen molar-refractivity contribution in [3.8, 4) is 22.3 Å². The third kappa shape index (κ3) is 7.78. The van der Waals surface area contributed by atoms with Crippen LogP contribution in [-0.4, -0.2) is 24.0 Å². The van der Waals surface area contributed by atoms with Crippen molar-refractivity contribution in [1.82, 2.24) is 4.98 Å². The monoisotopic (exact) mass is 619 g/mol. The van der Waals surface area contributed by atoms with Crippen molar-refractivity contribution < 1.29 is 0 Å². The van der Waals surface area contributed by atoms with Crippen LogP contribution in [0, 0.1) is 0 Å². The molecule has 0 saturated heterocycles. The van der Waals surface area contributed by atoms with Crippen LogP contribution >= 0.6 is 0 Å². The average molecular weight is 620 g/mol. The number of benzene rings is 5. The van der Waals surface area contributed by atoms with E-state index in [0.29, 0.717) is 0 Å². The lowest BCUT2D eigenvalue weighted by atomic mass is 9.99. The van der Waals surface area contributed by atoms with E-state index in [0.717, 1.165) is 55.9 Å². The molecule has 0 spiro atoms. The van der Waals surface area contributed by atoms with Gasteiger partial charge in [0, 0.05) is 36.8 Å². The summed E-state index contributed by atoms with van der Waals surface area (Å²) in [4.78, 5) is 14.0. The maximum atomic E-state index is 5.05. The number of pyridine rings is 1. The quantitative estimate of drug-likeness (QED) is 0.111. The van der Waals surface area contributed by atoms with E-state index in [-0.39, 0.29) is 0 Å². The molecule has 0 amide bonds. The molecule has 0 N–H and O–H groups in total. The van der Waals surface area contributed by atoms with Crippen molar-refractivity contribution in [2.45, 2.75) is 6.92 Å². The number of hydrogen-bond donors (Lipinski definition) is 0. The summed E-state index contributed by atoms with van der Waals surface area (Å²) in [5.41, 5.74) is 10.9. The van der Waals surface area contributed by atoms with Crippen molar-refractivity contribution in [1.29, 1.82) is 0 Å². The van der Waals surface area contributed by atoms with Gasteiger partial charge in [-0.15, -0.1) is 0 Å². The van der Waals surface area contributed by atoms with Crippen LogP contribution in [0.2, 0.25) is 0 Å². The van der Waals surface area contributed by atoms with E-state index in [4.69, 9.17) is 4.99 Å². The Morgan fingerprint density at radius 2 is 1.35 bits per heavy atom. The van der Waals surface area contributed by atoms with Crippen LogP contribution in [0.3, 0.4) is 0 Å². The zero-order valence-corrected chi connectivity index (χ0v) is 27.3. The van der Waals surface area contributed by atoms with Gasteiger partial charge < -0.3 is 0 Å². The number of nitrogens with zero attached hydrogens (tertiary/aromatic N) is 3. The van der Waals surface area contributed by atoms with Crippen LogP contribution < -0.4 is 0 Å². The summed E-state index contributed by atoms with van der Waals surface area (Å²) < 4.78 is 0. The van der Waals surface area contributed by atoms with Gasteiger partial charge in [0.1, 0.15) is 0 Å². The molecule has 0 fully saturated rings. The fourth-order valence-corrected chi connectivity index (χ4v) is 5.59. The predicted octanol–water partition coefficient (Wildman–Crippen LogP) is 11.3. The standard InChI is InChI=1S/C45H37N3/c1-4-12-38(35-13-6-5-7-14-35)27-33(2)44(46-3)30-45(42-18-10-17-40(29-42)43-19-11-26-47-32-43)48-31-34-20-22-37(23-21-34)41-25-24-36-15-8-9-16-39(36)28-41/h4-32H,2H2,1,3H3/b12-4-,38-27+,45-30-,46-44?,48-31?. The highest BCUT2D eigenvalue weighted by atomic mass is 14.7. The summed E-state index contributed by atoms with van der Waals surface area (Å²) in [5.74, 6) is 0. The number of allylic oxidation sites excluding steroid dienone is 6. The summed E-state index contributed by atoms with van der Waals surface area (Å²) >= 11 is 0. The molecule has 0 aliphatic carbocycles. The SMILES string of the molecule is C=C(/C=C(\C=C/C)c1ccccc1)C(/C=C(\N=Cc1ccc(-c2ccc3ccccc3c2)cc1)c1cccc(-c2cccnc2)c1)=NC. The molecule has 3 nitrogen and oxygen atoms in total. The lowest BCUT2D eigenvalue weighted by Crippen LogP contribution is -1.99. The van der Waals surface area contributed by atoms with Crippen molar-refractivity contribution in [3.05, 3.63) is 199 Å². The van der Waals surface area contributed by atoms with Crippen molar-refractivity contribution in [2.24, 2.45) is 9.98 Å². The molecule has 1 heterocycles. The Hall–Kier alpha value is -6.19. The highest BCUT2D eigenvalue weighted by Crippen LogP contribution is 2.27. The van der Waals surface area contributed by atoms with Crippen molar-refractivity contribution >= 4 is 34.0 Å². The van der Waals surface area contributed by atoms with E-state index in [1.54, 1.807) is 13.2 Å². The summed E-state index contributed by atoms with van der Waals surface area (Å²) in [6.07, 6.45) is 13.8. The van der Waals surface area contributed by atoms with Gasteiger partial charge in [-0.3, -0.25) is 15.0 Å². The fraction of sp³-hybridized carbons (Fsp3) is 0.0444. The Labute approximate surface area is 283 Å². The van der Waals surface area contributed by atoms with E-state index in [1.807, 2.05) is 55.8 Å². The number of aromatic nitrogens is 1. The Bertz CT molecular complexity index is 2180. The topological polar surface area (TPSA) is 37.6 Å². The molecule has 6 rings (SSSR count). The third-order valence-electron chi connectivity index (χ3n) is 8.13. The molecule has 0 aliphatic rings. The Morgan fingerprint density at radius 1 is 0.646 bits per heavy atom. The maximum Gasteiger partial charge on any atom is 0.0723 e. The van der Waals surface area contributed by atoms with Gasteiger partial charge in [-0.1, -0.05) is 134 Å². The predicted molar refractivity (Wildman–Crippen MR) is 206 cm³/mol. The van der Waals surface area contributed by atoms with Gasteiger partial charge in [-0.25, -0.2) is 0 Å². The van der Waals surface area contributed by atoms with E-state index in [1.165, 1.54) is 16.3 Å². The second kappa shape index (κ2) is 15.4. The maximum absolute atomic E-state index is 5.05. The first-order valence-corrected chi connectivity index (χ1v) is 16.0. The van der Waals surface area contributed by atoms with Gasteiger partial charge in [0.2, 0.25) is 0 Å². The number of aliphatic imine (C=N–C) groups is 2. The average Bonchev–Trinajstić information content (AvgIpc) is 3.15. The first-order chi connectivity index (χ1) is 23.6. The Morgan fingerprint density at radius 3 is 2.10 bits per heavy atom. The molecule has 232 valence electrons. The lowest BCUT2D eigenvalue weighted by Gasteiger charge is -2.10. The second-order valence-corrected chi connectivity index (χ2v) is 11.4. The molecular formula is C45H37N3. The third-order valence-corrected chi connectivity index (χ3v) is 8.13. The van der Waals surface area contributed by atoms with Crippen LogP contribution in [0.4, 0.5) is 0 Å². The number of hydrogen-bond acceptors (Lipinski definition) is 3. The number of fused-ring (bicyclic) bond motifs is 1. The molecule has 1 aromatic heterocycles. The molecule has 0 unspecified atom stereocenters. The van der Waals surface area contributed by atoms with Crippen LogP contribution in [-0.2, 0) is 0 Å². The zero-order valence-electron chi connectivity index (χ0n) is 27.3. The first kappa shape index (κ1) is 31.8. The smallest absolute Gasteiger partial charge is 0.0723 e. The normalized spacial score (nSPS) is 12.7. The molecule has 5 aromatic carbocycles. The van der Waals surface area contributed by atoms with Crippen molar-refractivity contribution in [2.75, 3.05) is 7.05 Å². The molecule has 0 bridgehead atoms. The summed E-state index contributed by atoms with van der Waals surface area (Å²) in [7, 11) is 1.79. The fourth-order valence-electron chi connectivity index (χ4n) is 5.59. The van der Waals surface area contributed by atoms with Gasteiger partial charge in [-0.2, -0.15) is 0 Å². The summed E-state index contributed by atoms with van der Waals surface area (Å²) in [6, 6.07) is 46.2. The van der Waals surface area contributed by atoms with E-state index < -0.39 is 0 Å². The minimum Gasteiger partial charge on any atom is -0.288 e. The van der Waals surface area contributed by atoms with Crippen LogP contribution in [0.25, 0.3) is 44.3 Å². The molecule has 0 atom stereocenters. The van der Waals surface area contributed by atoms with Crippen LogP contribution in [0.15, 0.2) is 192 Å². The van der Waals surface area contributed by atoms with Gasteiger partial charge >= 0.3 is 0 Å². The largest absolute Gasteiger partial charge is 0.288 e. The highest BCUT2D eigenvalue weighted by molar-refractivity contribution is 6.14. The Balaban J connectivity index is 1.35. The lowest BCUT2D eigenvalue weighted by molar-refractivity contribution is 1.33. The van der Waals surface area contributed by atoms with Gasteiger partial charge in [0.05, 0.1) is 11.4 Å². The molecule has 0 saturated carbocycles. The van der Waals surface area contributed by atoms with Crippen LogP contribution in [0.5, 0.6) is 0 Å². The van der Waals surface area contributed by atoms with E-state index in [2.05, 4.69) is 138 Å². The second-order valence-electron chi connectivity index (χ2n) is 11.4. The summed E-state index contributed by atoms with van der Waals surface area (Å²) in [5, 5.41) is 2.47. The minimum absolute atomic E-state index is 0.749. The molecular weight excluding hydrogens is 583 g/mol. The van der Waals surface area contributed by atoms with Gasteiger partial charge in [-0.05, 0) is 87.0 Å². The highest BCUT2D eigenvalue weighted by Gasteiger charge is 2.09. The van der Waals surface area contributed by atoms with Crippen LogP contribution in [0.1, 0.15) is 23.6 Å². The molecule has 0 radical (unpaired) electrons. The number of rotatable bonds is 10. The van der Waals surface area contributed by atoms with Crippen molar-refractivity contribution in [3.63, 3.8) is 0 Å². The molecule has 3 heteroatoms. The molecule has 6 aromatic rings. The van der Waals surface area contributed by atoms with E-state index in [9.17, 15) is 0 Å². The Kier molecular flexibility index (Phi) is 10.2. The van der Waals surface area contributed by atoms with Gasteiger partial charge in [0.15, 0.2) is 0 Å².